The van der Waals surface area contributed by atoms with Crippen LogP contribution >= 0.6 is 0 Å². The van der Waals surface area contributed by atoms with E-state index >= 15 is 0 Å². The fourth-order valence-electron chi connectivity index (χ4n) is 2.53. The van der Waals surface area contributed by atoms with Crippen molar-refractivity contribution in [1.82, 2.24) is 0 Å². The number of rotatable bonds is 17. The van der Waals surface area contributed by atoms with E-state index in [1.807, 2.05) is 0 Å². The Labute approximate surface area is 166 Å². The van der Waals surface area contributed by atoms with Crippen LogP contribution in [0.3, 0.4) is 0 Å². The maximum absolute atomic E-state index is 11.2. The number of carbonyl (C=O) groups is 1. The van der Waals surface area contributed by atoms with Crippen LogP contribution in [0.15, 0.2) is 0 Å². The van der Waals surface area contributed by atoms with Crippen molar-refractivity contribution < 1.29 is 26.7 Å². The Balaban J connectivity index is 0. The number of ether oxygens (including phenoxy) is 1. The molecule has 0 saturated heterocycles. The predicted molar refractivity (Wildman–Crippen MR) is 109 cm³/mol. The summed E-state index contributed by atoms with van der Waals surface area (Å²) in [4.78, 5) is 11.2. The third-order valence-electron chi connectivity index (χ3n) is 4.08. The van der Waals surface area contributed by atoms with Gasteiger partial charge in [0.2, 0.25) is 0 Å². The Hall–Kier alpha value is -0.700. The summed E-state index contributed by atoms with van der Waals surface area (Å²) in [7, 11) is -3.29. The minimum absolute atomic E-state index is 0.0940. The third kappa shape index (κ3) is 30.3. The number of esters is 1. The van der Waals surface area contributed by atoms with Gasteiger partial charge in [-0.25, -0.2) is 0 Å². The molecule has 0 atom stereocenters. The Morgan fingerprint density at radius 3 is 1.56 bits per heavy atom. The summed E-state index contributed by atoms with van der Waals surface area (Å²) in [5.74, 6) is -0.0940. The van der Waals surface area contributed by atoms with Crippen LogP contribution in [0.25, 0.3) is 0 Å². The van der Waals surface area contributed by atoms with Crippen LogP contribution in [0, 0.1) is 0 Å². The minimum atomic E-state index is -4.16. The van der Waals surface area contributed by atoms with Gasteiger partial charge >= 0.3 is 16.4 Å². The smallest absolute Gasteiger partial charge is 0.397 e. The first-order valence-corrected chi connectivity index (χ1v) is 11.6. The highest BCUT2D eigenvalue weighted by Crippen LogP contribution is 2.13. The van der Waals surface area contributed by atoms with Gasteiger partial charge in [0, 0.05) is 13.0 Å². The van der Waals surface area contributed by atoms with Crippen molar-refractivity contribution in [2.45, 2.75) is 96.8 Å². The fraction of sp³-hybridized carbons (Fsp3) is 0.947. The van der Waals surface area contributed by atoms with Gasteiger partial charge < -0.3 is 10.5 Å². The summed E-state index contributed by atoms with van der Waals surface area (Å²) < 4.78 is 34.6. The molecule has 0 saturated carbocycles. The lowest BCUT2D eigenvalue weighted by Crippen LogP contribution is -2.13. The van der Waals surface area contributed by atoms with E-state index in [-0.39, 0.29) is 5.97 Å². The van der Waals surface area contributed by atoms with E-state index in [9.17, 15) is 13.2 Å². The highest BCUT2D eigenvalue weighted by molar-refractivity contribution is 7.80. The van der Waals surface area contributed by atoms with Crippen LogP contribution in [0.4, 0.5) is 0 Å². The molecule has 0 aromatic heterocycles. The lowest BCUT2D eigenvalue weighted by molar-refractivity contribution is -0.143. The summed E-state index contributed by atoms with van der Waals surface area (Å²) >= 11 is 0. The van der Waals surface area contributed by atoms with Crippen LogP contribution in [0.2, 0.25) is 0 Å². The van der Waals surface area contributed by atoms with E-state index < -0.39 is 10.4 Å². The highest BCUT2D eigenvalue weighted by Gasteiger charge is 2.01. The zero-order valence-electron chi connectivity index (χ0n) is 17.3. The Morgan fingerprint density at radius 2 is 1.22 bits per heavy atom. The van der Waals surface area contributed by atoms with Crippen molar-refractivity contribution >= 4 is 16.4 Å². The lowest BCUT2D eigenvalue weighted by Gasteiger charge is -2.04. The number of nitrogens with two attached hydrogens (primary N) is 1. The van der Waals surface area contributed by atoms with E-state index in [1.165, 1.54) is 70.6 Å². The van der Waals surface area contributed by atoms with Crippen LogP contribution in [-0.4, -0.2) is 39.2 Å². The average Bonchev–Trinajstić information content (AvgIpc) is 2.63. The number of hydrogen-bond donors (Lipinski definition) is 2. The SMILES string of the molecule is CCCCCCCCCCCCCCCC(=O)OCCN.COS(=O)(=O)O. The van der Waals surface area contributed by atoms with Crippen LogP contribution in [0.5, 0.6) is 0 Å². The molecular formula is C19H41NO6S. The van der Waals surface area contributed by atoms with E-state index in [0.717, 1.165) is 20.0 Å². The molecule has 0 bridgehead atoms. The van der Waals surface area contributed by atoms with Crippen LogP contribution < -0.4 is 5.73 Å². The Morgan fingerprint density at radius 1 is 0.852 bits per heavy atom. The van der Waals surface area contributed by atoms with Gasteiger partial charge in [0.25, 0.3) is 0 Å². The summed E-state index contributed by atoms with van der Waals surface area (Å²) in [5, 5.41) is 0. The van der Waals surface area contributed by atoms with Crippen molar-refractivity contribution in [2.75, 3.05) is 20.3 Å². The monoisotopic (exact) mass is 411 g/mol. The average molecular weight is 412 g/mol. The molecule has 0 aromatic rings. The summed E-state index contributed by atoms with van der Waals surface area (Å²) in [6.07, 6.45) is 17.8. The quantitative estimate of drug-likeness (QED) is 0.207. The molecule has 0 fully saturated rings. The second-order valence-corrected chi connectivity index (χ2v) is 7.78. The predicted octanol–water partition coefficient (Wildman–Crippen LogP) is 4.41. The zero-order chi connectivity index (χ0) is 20.8. The van der Waals surface area contributed by atoms with Gasteiger partial charge in [-0.2, -0.15) is 8.42 Å². The summed E-state index contributed by atoms with van der Waals surface area (Å²) in [6.45, 7) is 3.05. The topological polar surface area (TPSA) is 116 Å². The molecule has 0 aliphatic carbocycles. The molecule has 0 aliphatic heterocycles. The zero-order valence-corrected chi connectivity index (χ0v) is 18.1. The van der Waals surface area contributed by atoms with Crippen LogP contribution in [-0.2, 0) is 24.1 Å². The Bertz CT molecular complexity index is 414. The van der Waals surface area contributed by atoms with E-state index in [0.29, 0.717) is 19.6 Å². The molecule has 0 rings (SSSR count). The second-order valence-electron chi connectivity index (χ2n) is 6.60. The molecule has 164 valence electrons. The molecule has 27 heavy (non-hydrogen) atoms. The highest BCUT2D eigenvalue weighted by atomic mass is 32.3. The van der Waals surface area contributed by atoms with E-state index in [4.69, 9.17) is 15.0 Å². The van der Waals surface area contributed by atoms with Gasteiger partial charge in [-0.1, -0.05) is 84.0 Å². The van der Waals surface area contributed by atoms with Gasteiger partial charge in [-0.05, 0) is 6.42 Å². The molecule has 0 amide bonds. The molecule has 0 radical (unpaired) electrons. The molecule has 0 heterocycles. The van der Waals surface area contributed by atoms with Gasteiger partial charge in [-0.15, -0.1) is 0 Å². The molecule has 8 heteroatoms. The molecule has 0 spiro atoms. The molecule has 0 unspecified atom stereocenters. The molecular weight excluding hydrogens is 370 g/mol. The second kappa shape index (κ2) is 21.6. The largest absolute Gasteiger partial charge is 0.464 e. The molecule has 3 N–H and O–H groups in total. The van der Waals surface area contributed by atoms with Gasteiger partial charge in [-0.3, -0.25) is 13.5 Å². The standard InChI is InChI=1S/C18H37NO2.CH4O4S/c1-2-3-4-5-6-7-8-9-10-11-12-13-14-15-18(20)21-17-16-19;1-5-6(2,3)4/h2-17,19H2,1H3;1H3,(H,2,3,4). The summed E-state index contributed by atoms with van der Waals surface area (Å²) in [6, 6.07) is 0. The van der Waals surface area contributed by atoms with Gasteiger partial charge in [0.15, 0.2) is 0 Å². The number of unbranched alkanes of at least 4 members (excludes halogenated alkanes) is 12. The van der Waals surface area contributed by atoms with Gasteiger partial charge in [0.1, 0.15) is 6.61 Å². The van der Waals surface area contributed by atoms with E-state index in [2.05, 4.69) is 11.1 Å². The number of carbonyl (C=O) groups excluding carboxylic acids is 1. The molecule has 0 aromatic carbocycles. The van der Waals surface area contributed by atoms with Crippen molar-refractivity contribution in [1.29, 1.82) is 0 Å². The maximum atomic E-state index is 11.2. The third-order valence-corrected chi connectivity index (χ3v) is 4.50. The first-order valence-electron chi connectivity index (χ1n) is 10.3. The van der Waals surface area contributed by atoms with Crippen molar-refractivity contribution in [3.8, 4) is 0 Å². The van der Waals surface area contributed by atoms with Gasteiger partial charge in [0.05, 0.1) is 7.11 Å². The maximum Gasteiger partial charge on any atom is 0.397 e. The minimum Gasteiger partial charge on any atom is -0.464 e. The lowest BCUT2D eigenvalue weighted by atomic mass is 10.0. The summed E-state index contributed by atoms with van der Waals surface area (Å²) in [5.41, 5.74) is 5.27. The normalized spacial score (nSPS) is 11.0. The number of hydrogen-bond acceptors (Lipinski definition) is 6. The fourth-order valence-corrected chi connectivity index (χ4v) is 2.53. The van der Waals surface area contributed by atoms with Crippen molar-refractivity contribution in [3.05, 3.63) is 0 Å². The van der Waals surface area contributed by atoms with Crippen molar-refractivity contribution in [2.24, 2.45) is 5.73 Å². The molecule has 7 nitrogen and oxygen atoms in total. The molecule has 0 aliphatic rings. The Kier molecular flexibility index (Phi) is 22.8. The van der Waals surface area contributed by atoms with E-state index in [1.54, 1.807) is 0 Å². The first-order chi connectivity index (χ1) is 12.9. The first kappa shape index (κ1) is 28.5. The van der Waals surface area contributed by atoms with Crippen LogP contribution in [0.1, 0.15) is 96.8 Å². The van der Waals surface area contributed by atoms with Crippen molar-refractivity contribution in [3.63, 3.8) is 0 Å².